The van der Waals surface area contributed by atoms with E-state index in [1.165, 1.54) is 6.07 Å². The quantitative estimate of drug-likeness (QED) is 0.764. The molecule has 1 atom stereocenters. The van der Waals surface area contributed by atoms with Gasteiger partial charge in [0.25, 0.3) is 0 Å². The fraction of sp³-hybridized carbons (Fsp3) is 0.615. The summed E-state index contributed by atoms with van der Waals surface area (Å²) in [7, 11) is -3.66. The largest absolute Gasteiger partial charge is 0.361 e. The van der Waals surface area contributed by atoms with Gasteiger partial charge in [-0.25, -0.2) is 8.42 Å². The number of nitrogens with one attached hydrogen (secondary N) is 2. The molecule has 1 aromatic heterocycles. The Morgan fingerprint density at radius 2 is 2.27 bits per heavy atom. The summed E-state index contributed by atoms with van der Waals surface area (Å²) < 4.78 is 28.7. The maximum atomic E-state index is 12.0. The van der Waals surface area contributed by atoms with Gasteiger partial charge in [-0.15, -0.1) is 0 Å². The van der Waals surface area contributed by atoms with Crippen molar-refractivity contribution in [2.75, 3.05) is 12.3 Å². The summed E-state index contributed by atoms with van der Waals surface area (Å²) in [6, 6.07) is 0.841. The van der Waals surface area contributed by atoms with Crippen molar-refractivity contribution in [3.8, 4) is 0 Å². The van der Waals surface area contributed by atoms with E-state index in [1.54, 1.807) is 6.92 Å². The average molecular weight is 329 g/mol. The molecule has 22 heavy (non-hydrogen) atoms. The van der Waals surface area contributed by atoms with Gasteiger partial charge >= 0.3 is 0 Å². The third-order valence-electron chi connectivity index (χ3n) is 3.27. The van der Waals surface area contributed by atoms with Crippen molar-refractivity contribution in [2.45, 2.75) is 38.0 Å². The van der Waals surface area contributed by atoms with E-state index in [4.69, 9.17) is 4.52 Å². The maximum Gasteiger partial charge on any atom is 0.242 e. The van der Waals surface area contributed by atoms with E-state index in [1.807, 2.05) is 0 Å². The maximum absolute atomic E-state index is 12.0. The number of aromatic nitrogens is 1. The summed E-state index contributed by atoms with van der Waals surface area (Å²) in [5.74, 6) is -1.49. The monoisotopic (exact) mass is 329 g/mol. The van der Waals surface area contributed by atoms with Crippen LogP contribution in [0.15, 0.2) is 10.6 Å². The van der Waals surface area contributed by atoms with Crippen molar-refractivity contribution in [1.82, 2.24) is 15.8 Å². The van der Waals surface area contributed by atoms with Crippen LogP contribution in [0.3, 0.4) is 0 Å². The van der Waals surface area contributed by atoms with Crippen molar-refractivity contribution in [1.29, 1.82) is 0 Å². The first-order valence-corrected chi connectivity index (χ1v) is 8.87. The van der Waals surface area contributed by atoms with Gasteiger partial charge < -0.3 is 15.2 Å². The molecule has 1 fully saturated rings. The molecule has 2 heterocycles. The number of carbonyl (C=O) groups is 2. The molecule has 0 unspecified atom stereocenters. The fourth-order valence-corrected chi connectivity index (χ4v) is 3.45. The Balaban J connectivity index is 1.91. The Labute approximate surface area is 128 Å². The molecule has 0 radical (unpaired) electrons. The van der Waals surface area contributed by atoms with E-state index in [0.29, 0.717) is 18.7 Å². The Morgan fingerprint density at radius 3 is 2.95 bits per heavy atom. The highest BCUT2D eigenvalue weighted by Crippen LogP contribution is 2.08. The smallest absolute Gasteiger partial charge is 0.242 e. The van der Waals surface area contributed by atoms with E-state index in [2.05, 4.69) is 15.8 Å². The van der Waals surface area contributed by atoms with Gasteiger partial charge in [0, 0.05) is 12.6 Å². The Bertz CT molecular complexity index is 652. The zero-order chi connectivity index (χ0) is 16.2. The molecule has 122 valence electrons. The fourth-order valence-electron chi connectivity index (χ4n) is 2.28. The van der Waals surface area contributed by atoms with Gasteiger partial charge in [-0.2, -0.15) is 0 Å². The second-order valence-corrected chi connectivity index (χ2v) is 7.43. The average Bonchev–Trinajstić information content (AvgIpc) is 2.69. The first-order valence-electron chi connectivity index (χ1n) is 7.05. The van der Waals surface area contributed by atoms with Crippen LogP contribution >= 0.6 is 0 Å². The molecule has 0 spiro atoms. The summed E-state index contributed by atoms with van der Waals surface area (Å²) in [5.41, 5.74) is 0.262. The van der Waals surface area contributed by atoms with Crippen LogP contribution in [0.2, 0.25) is 0 Å². The first-order chi connectivity index (χ1) is 10.4. The number of rotatable bonds is 5. The van der Waals surface area contributed by atoms with Crippen molar-refractivity contribution < 1.29 is 22.5 Å². The Morgan fingerprint density at radius 1 is 1.50 bits per heavy atom. The lowest BCUT2D eigenvalue weighted by atomic mass is 10.1. The predicted molar refractivity (Wildman–Crippen MR) is 77.5 cm³/mol. The highest BCUT2D eigenvalue weighted by molar-refractivity contribution is 7.91. The molecule has 9 heteroatoms. The third kappa shape index (κ3) is 4.83. The second kappa shape index (κ2) is 6.91. The van der Waals surface area contributed by atoms with Crippen LogP contribution in [0.4, 0.5) is 0 Å². The Hall–Kier alpha value is -1.90. The molecule has 1 aliphatic heterocycles. The van der Waals surface area contributed by atoms with E-state index in [-0.39, 0.29) is 17.4 Å². The molecule has 1 saturated heterocycles. The van der Waals surface area contributed by atoms with Crippen LogP contribution < -0.4 is 10.6 Å². The number of amides is 2. The molecule has 2 N–H and O–H groups in total. The molecule has 0 aliphatic carbocycles. The zero-order valence-electron chi connectivity index (χ0n) is 12.3. The number of aryl methyl sites for hydroxylation is 1. The summed E-state index contributed by atoms with van der Waals surface area (Å²) in [5, 5.41) is 8.76. The highest BCUT2D eigenvalue weighted by Gasteiger charge is 2.25. The van der Waals surface area contributed by atoms with Crippen LogP contribution in [-0.4, -0.2) is 43.7 Å². The van der Waals surface area contributed by atoms with Crippen LogP contribution in [0.5, 0.6) is 0 Å². The zero-order valence-corrected chi connectivity index (χ0v) is 13.1. The summed E-state index contributed by atoms with van der Waals surface area (Å²) in [6.07, 6.45) is 2.16. The van der Waals surface area contributed by atoms with Crippen LogP contribution in [0.25, 0.3) is 0 Å². The first kappa shape index (κ1) is 16.5. The lowest BCUT2D eigenvalue weighted by Gasteiger charge is -2.15. The molecule has 0 bridgehead atoms. The number of nitrogens with zero attached hydrogens (tertiary/aromatic N) is 1. The topological polar surface area (TPSA) is 118 Å². The number of hydrogen-bond acceptors (Lipinski definition) is 6. The van der Waals surface area contributed by atoms with E-state index < -0.39 is 27.5 Å². The van der Waals surface area contributed by atoms with E-state index in [9.17, 15) is 18.0 Å². The number of hydrogen-bond donors (Lipinski definition) is 2. The lowest BCUT2D eigenvalue weighted by molar-refractivity contribution is -0.127. The predicted octanol–water partition coefficient (Wildman–Crippen LogP) is -0.317. The molecular weight excluding hydrogens is 310 g/mol. The molecule has 0 aromatic carbocycles. The Kier molecular flexibility index (Phi) is 5.17. The van der Waals surface area contributed by atoms with Gasteiger partial charge in [-0.05, 0) is 26.2 Å². The van der Waals surface area contributed by atoms with Crippen molar-refractivity contribution in [3.05, 3.63) is 17.5 Å². The molecule has 1 aliphatic rings. The second-order valence-electron chi connectivity index (χ2n) is 5.37. The van der Waals surface area contributed by atoms with Gasteiger partial charge in [0.05, 0.1) is 11.4 Å². The van der Waals surface area contributed by atoms with Gasteiger partial charge in [0.2, 0.25) is 11.8 Å². The van der Waals surface area contributed by atoms with Crippen molar-refractivity contribution in [2.24, 2.45) is 0 Å². The third-order valence-corrected chi connectivity index (χ3v) is 4.70. The highest BCUT2D eigenvalue weighted by atomic mass is 32.2. The van der Waals surface area contributed by atoms with Crippen LogP contribution in [-0.2, 0) is 25.2 Å². The minimum Gasteiger partial charge on any atom is -0.361 e. The molecule has 8 nitrogen and oxygen atoms in total. The van der Waals surface area contributed by atoms with Crippen molar-refractivity contribution >= 4 is 21.7 Å². The standard InChI is InChI=1S/C13H19N3O5S/c1-9-6-10(16-21-9)7-22(19,20)8-12(17)15-11-4-2-3-5-14-13(11)18/h6,11H,2-5,7-8H2,1H3,(H,14,18)(H,15,17)/t11-/m0/s1. The molecule has 2 rings (SSSR count). The molecule has 1 aromatic rings. The molecular formula is C13H19N3O5S. The lowest BCUT2D eigenvalue weighted by Crippen LogP contribution is -2.47. The number of sulfone groups is 1. The SMILES string of the molecule is Cc1cc(CS(=O)(=O)CC(=O)N[C@H]2CCCCNC2=O)no1. The molecule has 0 saturated carbocycles. The molecule has 2 amide bonds. The van der Waals surface area contributed by atoms with Gasteiger partial charge in [0.15, 0.2) is 9.84 Å². The van der Waals surface area contributed by atoms with E-state index >= 15 is 0 Å². The normalized spacial score (nSPS) is 19.3. The van der Waals surface area contributed by atoms with Crippen molar-refractivity contribution in [3.63, 3.8) is 0 Å². The van der Waals surface area contributed by atoms with E-state index in [0.717, 1.165) is 12.8 Å². The van der Waals surface area contributed by atoms with Gasteiger partial charge in [-0.3, -0.25) is 9.59 Å². The van der Waals surface area contributed by atoms with Crippen LogP contribution in [0.1, 0.15) is 30.7 Å². The summed E-state index contributed by atoms with van der Waals surface area (Å²) in [6.45, 7) is 2.23. The van der Waals surface area contributed by atoms with Crippen LogP contribution in [0, 0.1) is 6.92 Å². The summed E-state index contributed by atoms with van der Waals surface area (Å²) >= 11 is 0. The number of carbonyl (C=O) groups excluding carboxylic acids is 2. The summed E-state index contributed by atoms with van der Waals surface area (Å²) in [4.78, 5) is 23.6. The minimum absolute atomic E-state index is 0.262. The minimum atomic E-state index is -3.66. The van der Waals surface area contributed by atoms with Gasteiger partial charge in [-0.1, -0.05) is 5.16 Å². The van der Waals surface area contributed by atoms with Gasteiger partial charge in [0.1, 0.15) is 17.6 Å².